The van der Waals surface area contributed by atoms with E-state index in [9.17, 15) is 5.11 Å². The van der Waals surface area contributed by atoms with Crippen LogP contribution in [0.3, 0.4) is 0 Å². The lowest BCUT2D eigenvalue weighted by Gasteiger charge is -2.27. The van der Waals surface area contributed by atoms with E-state index >= 15 is 0 Å². The summed E-state index contributed by atoms with van der Waals surface area (Å²) in [5.41, 5.74) is 1.27. The molecule has 1 aromatic carbocycles. The lowest BCUT2D eigenvalue weighted by molar-refractivity contribution is 0.325. The van der Waals surface area contributed by atoms with Gasteiger partial charge in [-0.25, -0.2) is 9.67 Å². The maximum atomic E-state index is 9.32. The Morgan fingerprint density at radius 1 is 1.35 bits per heavy atom. The van der Waals surface area contributed by atoms with E-state index in [0.29, 0.717) is 17.8 Å². The molecule has 0 aliphatic carbocycles. The molecule has 0 saturated heterocycles. The third-order valence-electron chi connectivity index (χ3n) is 4.54. The molecule has 0 fully saturated rings. The van der Waals surface area contributed by atoms with E-state index in [2.05, 4.69) is 33.9 Å². The number of hydrogen-bond donors (Lipinski definition) is 2. The number of benzene rings is 1. The molecular formula is C18H26N4O. The number of aromatic nitrogens is 3. The number of nitrogens with zero attached hydrogens (tertiary/aromatic N) is 3. The van der Waals surface area contributed by atoms with E-state index in [1.807, 2.05) is 12.1 Å². The SMILES string of the molecule is CCc1nc2n(n1)C[C@@H](N[C@@H](C)CCc1ccc(O)cc1)CC2. The normalized spacial score (nSPS) is 18.6. The minimum atomic E-state index is 0.331. The van der Waals surface area contributed by atoms with Gasteiger partial charge in [-0.2, -0.15) is 5.10 Å². The van der Waals surface area contributed by atoms with Gasteiger partial charge in [-0.1, -0.05) is 19.1 Å². The van der Waals surface area contributed by atoms with Gasteiger partial charge in [-0.05, 0) is 43.9 Å². The minimum absolute atomic E-state index is 0.331. The fraction of sp³-hybridized carbons (Fsp3) is 0.556. The Hall–Kier alpha value is -1.88. The van der Waals surface area contributed by atoms with E-state index in [1.54, 1.807) is 12.1 Å². The first-order valence-electron chi connectivity index (χ1n) is 8.60. The van der Waals surface area contributed by atoms with E-state index in [0.717, 1.165) is 50.3 Å². The van der Waals surface area contributed by atoms with Crippen LogP contribution in [0.1, 0.15) is 43.9 Å². The number of nitrogens with one attached hydrogen (secondary N) is 1. The Labute approximate surface area is 137 Å². The minimum Gasteiger partial charge on any atom is -0.508 e. The number of phenols is 1. The highest BCUT2D eigenvalue weighted by atomic mass is 16.3. The van der Waals surface area contributed by atoms with Gasteiger partial charge in [0.15, 0.2) is 5.82 Å². The second-order valence-corrected chi connectivity index (χ2v) is 6.49. The summed E-state index contributed by atoms with van der Waals surface area (Å²) in [4.78, 5) is 4.57. The molecular weight excluding hydrogens is 288 g/mol. The Kier molecular flexibility index (Phi) is 4.96. The van der Waals surface area contributed by atoms with Crippen molar-refractivity contribution < 1.29 is 5.11 Å². The van der Waals surface area contributed by atoms with E-state index < -0.39 is 0 Å². The van der Waals surface area contributed by atoms with Crippen molar-refractivity contribution in [1.82, 2.24) is 20.1 Å². The van der Waals surface area contributed by atoms with Gasteiger partial charge in [-0.3, -0.25) is 0 Å². The Bertz CT molecular complexity index is 635. The van der Waals surface area contributed by atoms with Crippen molar-refractivity contribution in [1.29, 1.82) is 0 Å². The summed E-state index contributed by atoms with van der Waals surface area (Å²) in [6.07, 6.45) is 5.16. The second-order valence-electron chi connectivity index (χ2n) is 6.49. The highest BCUT2D eigenvalue weighted by Crippen LogP contribution is 2.15. The highest BCUT2D eigenvalue weighted by molar-refractivity contribution is 5.25. The van der Waals surface area contributed by atoms with Crippen LogP contribution >= 0.6 is 0 Å². The van der Waals surface area contributed by atoms with Crippen LogP contribution in [0, 0.1) is 0 Å². The quantitative estimate of drug-likeness (QED) is 0.860. The molecule has 124 valence electrons. The summed E-state index contributed by atoms with van der Waals surface area (Å²) in [6, 6.07) is 8.44. The van der Waals surface area contributed by atoms with Crippen LogP contribution in [0.2, 0.25) is 0 Å². The van der Waals surface area contributed by atoms with Crippen molar-refractivity contribution in [3.8, 4) is 5.75 Å². The number of aromatic hydroxyl groups is 1. The predicted molar refractivity (Wildman–Crippen MR) is 90.5 cm³/mol. The first kappa shape index (κ1) is 16.0. The zero-order valence-electron chi connectivity index (χ0n) is 14.0. The smallest absolute Gasteiger partial charge is 0.150 e. The van der Waals surface area contributed by atoms with Crippen LogP contribution < -0.4 is 5.32 Å². The molecule has 1 aliphatic rings. The van der Waals surface area contributed by atoms with Crippen LogP contribution in [-0.4, -0.2) is 32.0 Å². The fourth-order valence-electron chi connectivity index (χ4n) is 3.18. The van der Waals surface area contributed by atoms with Crippen molar-refractivity contribution in [2.24, 2.45) is 0 Å². The Balaban J connectivity index is 1.48. The van der Waals surface area contributed by atoms with Crippen molar-refractivity contribution in [2.75, 3.05) is 0 Å². The molecule has 0 unspecified atom stereocenters. The summed E-state index contributed by atoms with van der Waals surface area (Å²) >= 11 is 0. The van der Waals surface area contributed by atoms with E-state index in [1.165, 1.54) is 5.56 Å². The summed E-state index contributed by atoms with van der Waals surface area (Å²) in [6.45, 7) is 5.27. The van der Waals surface area contributed by atoms with E-state index in [-0.39, 0.29) is 0 Å². The second kappa shape index (κ2) is 7.13. The Morgan fingerprint density at radius 3 is 2.87 bits per heavy atom. The maximum Gasteiger partial charge on any atom is 0.150 e. The molecule has 23 heavy (non-hydrogen) atoms. The molecule has 3 rings (SSSR count). The topological polar surface area (TPSA) is 63.0 Å². The molecule has 0 radical (unpaired) electrons. The molecule has 2 N–H and O–H groups in total. The van der Waals surface area contributed by atoms with Crippen LogP contribution in [0.5, 0.6) is 5.75 Å². The summed E-state index contributed by atoms with van der Waals surface area (Å²) in [5, 5.41) is 17.6. The number of hydrogen-bond acceptors (Lipinski definition) is 4. The molecule has 2 atom stereocenters. The summed E-state index contributed by atoms with van der Waals surface area (Å²) in [7, 11) is 0. The molecule has 0 bridgehead atoms. The van der Waals surface area contributed by atoms with Gasteiger partial charge < -0.3 is 10.4 Å². The van der Waals surface area contributed by atoms with E-state index in [4.69, 9.17) is 0 Å². The molecule has 2 heterocycles. The molecule has 5 nitrogen and oxygen atoms in total. The summed E-state index contributed by atoms with van der Waals surface area (Å²) in [5.74, 6) is 2.43. The first-order chi connectivity index (χ1) is 11.1. The largest absolute Gasteiger partial charge is 0.508 e. The van der Waals surface area contributed by atoms with Crippen LogP contribution in [-0.2, 0) is 25.8 Å². The molecule has 1 aromatic heterocycles. The molecule has 2 aromatic rings. The standard InChI is InChI=1S/C18H26N4O/c1-3-17-20-18-11-8-15(12-22(18)21-17)19-13(2)4-5-14-6-9-16(23)10-7-14/h6-7,9-10,13,15,19,23H,3-5,8,11-12H2,1-2H3/t13-,15-/m0/s1. The maximum absolute atomic E-state index is 9.32. The molecule has 0 spiro atoms. The molecule has 0 amide bonds. The monoisotopic (exact) mass is 314 g/mol. The fourth-order valence-corrected chi connectivity index (χ4v) is 3.18. The van der Waals surface area contributed by atoms with Gasteiger partial charge in [-0.15, -0.1) is 0 Å². The van der Waals surface area contributed by atoms with Crippen molar-refractivity contribution in [3.05, 3.63) is 41.5 Å². The lowest BCUT2D eigenvalue weighted by Crippen LogP contribution is -2.42. The number of aryl methyl sites for hydroxylation is 3. The zero-order valence-corrected chi connectivity index (χ0v) is 14.0. The van der Waals surface area contributed by atoms with Gasteiger partial charge in [0.1, 0.15) is 11.6 Å². The highest BCUT2D eigenvalue weighted by Gasteiger charge is 2.22. The molecule has 0 saturated carbocycles. The predicted octanol–water partition coefficient (Wildman–Crippen LogP) is 2.47. The Morgan fingerprint density at radius 2 is 2.13 bits per heavy atom. The average molecular weight is 314 g/mol. The third kappa shape index (κ3) is 4.10. The van der Waals surface area contributed by atoms with Crippen molar-refractivity contribution in [3.63, 3.8) is 0 Å². The van der Waals surface area contributed by atoms with Gasteiger partial charge in [0.05, 0.1) is 6.54 Å². The number of rotatable bonds is 6. The molecule has 5 heteroatoms. The van der Waals surface area contributed by atoms with Crippen LogP contribution in [0.25, 0.3) is 0 Å². The lowest BCUT2D eigenvalue weighted by atomic mass is 10.0. The van der Waals surface area contributed by atoms with Crippen LogP contribution in [0.4, 0.5) is 0 Å². The number of phenolic OH excluding ortho intramolecular Hbond substituents is 1. The summed E-state index contributed by atoms with van der Waals surface area (Å²) < 4.78 is 2.08. The van der Waals surface area contributed by atoms with Crippen LogP contribution in [0.15, 0.2) is 24.3 Å². The van der Waals surface area contributed by atoms with Gasteiger partial charge in [0, 0.05) is 24.9 Å². The van der Waals surface area contributed by atoms with Gasteiger partial charge >= 0.3 is 0 Å². The average Bonchev–Trinajstić information content (AvgIpc) is 2.97. The first-order valence-corrected chi connectivity index (χ1v) is 8.60. The number of fused-ring (bicyclic) bond motifs is 1. The van der Waals surface area contributed by atoms with Crippen molar-refractivity contribution >= 4 is 0 Å². The molecule has 1 aliphatic heterocycles. The zero-order chi connectivity index (χ0) is 16.2. The third-order valence-corrected chi connectivity index (χ3v) is 4.54. The van der Waals surface area contributed by atoms with Gasteiger partial charge in [0.2, 0.25) is 0 Å². The van der Waals surface area contributed by atoms with Crippen molar-refractivity contribution in [2.45, 2.75) is 64.6 Å². The van der Waals surface area contributed by atoms with Gasteiger partial charge in [0.25, 0.3) is 0 Å².